The van der Waals surface area contributed by atoms with Gasteiger partial charge < -0.3 is 10.1 Å². The van der Waals surface area contributed by atoms with Crippen LogP contribution in [0, 0.1) is 17.0 Å². The molecule has 0 spiro atoms. The van der Waals surface area contributed by atoms with Crippen LogP contribution in [-0.4, -0.2) is 40.6 Å². The summed E-state index contributed by atoms with van der Waals surface area (Å²) >= 11 is 3.15. The van der Waals surface area contributed by atoms with Crippen molar-refractivity contribution >= 4 is 44.0 Å². The Labute approximate surface area is 149 Å². The van der Waals surface area contributed by atoms with Crippen molar-refractivity contribution in [3.05, 3.63) is 26.2 Å². The van der Waals surface area contributed by atoms with Crippen LogP contribution in [0.3, 0.4) is 0 Å². The van der Waals surface area contributed by atoms with Gasteiger partial charge in [-0.25, -0.2) is 13.1 Å². The number of nitro benzene ring substituents is 1. The Balaban J connectivity index is 0.00000484. The summed E-state index contributed by atoms with van der Waals surface area (Å²) in [6.45, 7) is 2.38. The number of rotatable bonds is 8. The van der Waals surface area contributed by atoms with Gasteiger partial charge in [0.2, 0.25) is 15.8 Å². The van der Waals surface area contributed by atoms with Crippen molar-refractivity contribution in [2.45, 2.75) is 18.2 Å². The number of hydrogen-bond donors (Lipinski definition) is 2. The molecule has 0 bridgehead atoms. The Morgan fingerprint density at radius 1 is 1.39 bits per heavy atom. The largest absolute Gasteiger partial charge is 0.489 e. The zero-order valence-electron chi connectivity index (χ0n) is 12.9. The summed E-state index contributed by atoms with van der Waals surface area (Å²) in [5.74, 6) is -0.271. The maximum absolute atomic E-state index is 12.4. The van der Waals surface area contributed by atoms with Gasteiger partial charge in [-0.2, -0.15) is 0 Å². The number of hydrogen-bond acceptors (Lipinski definition) is 6. The molecule has 0 heterocycles. The molecule has 0 unspecified atom stereocenters. The number of ether oxygens (including phenoxy) is 1. The highest BCUT2D eigenvalue weighted by atomic mass is 79.9. The molecule has 0 aliphatic heterocycles. The van der Waals surface area contributed by atoms with Crippen LogP contribution in [0.2, 0.25) is 0 Å². The van der Waals surface area contributed by atoms with Gasteiger partial charge in [0.25, 0.3) is 0 Å². The minimum absolute atomic E-state index is 0. The van der Waals surface area contributed by atoms with Crippen molar-refractivity contribution in [3.63, 3.8) is 0 Å². The quantitative estimate of drug-likeness (QED) is 0.369. The summed E-state index contributed by atoms with van der Waals surface area (Å²) in [6, 6.07) is 1.31. The third kappa shape index (κ3) is 5.28. The van der Waals surface area contributed by atoms with Crippen LogP contribution in [0.5, 0.6) is 5.75 Å². The van der Waals surface area contributed by atoms with E-state index in [9.17, 15) is 18.5 Å². The topological polar surface area (TPSA) is 111 Å². The van der Waals surface area contributed by atoms with E-state index < -0.39 is 14.9 Å². The van der Waals surface area contributed by atoms with Crippen LogP contribution in [-0.2, 0) is 10.0 Å². The summed E-state index contributed by atoms with van der Waals surface area (Å²) in [6.07, 6.45) is 0.590. The van der Waals surface area contributed by atoms with E-state index >= 15 is 0 Å². The summed E-state index contributed by atoms with van der Waals surface area (Å²) in [7, 11) is -0.950. The Morgan fingerprint density at radius 2 is 2.00 bits per heavy atom. The number of sulfonamides is 1. The number of nitro groups is 1. The first kappa shape index (κ1) is 22.1. The molecular formula is C12H19BrClN3O5S. The van der Waals surface area contributed by atoms with Crippen LogP contribution >= 0.6 is 28.3 Å². The van der Waals surface area contributed by atoms with Gasteiger partial charge in [-0.15, -0.1) is 12.4 Å². The third-order valence-electron chi connectivity index (χ3n) is 2.98. The van der Waals surface area contributed by atoms with Crippen molar-refractivity contribution in [3.8, 4) is 5.75 Å². The maximum Gasteiger partial charge on any atom is 0.316 e. The lowest BCUT2D eigenvalue weighted by molar-refractivity contribution is -0.386. The van der Waals surface area contributed by atoms with Crippen molar-refractivity contribution in [1.82, 2.24) is 10.0 Å². The van der Waals surface area contributed by atoms with E-state index in [2.05, 4.69) is 26.0 Å². The molecule has 0 aliphatic rings. The van der Waals surface area contributed by atoms with Crippen LogP contribution in [0.1, 0.15) is 12.0 Å². The molecule has 0 aromatic heterocycles. The number of benzene rings is 1. The first-order valence-corrected chi connectivity index (χ1v) is 8.69. The highest BCUT2D eigenvalue weighted by molar-refractivity contribution is 9.10. The van der Waals surface area contributed by atoms with E-state index in [1.54, 1.807) is 7.05 Å². The SMILES string of the molecule is CNCCCNS(=O)(=O)c1cc(Br)c(C)c([N+](=O)[O-])c1OC.Cl. The highest BCUT2D eigenvalue weighted by Crippen LogP contribution is 2.40. The molecule has 2 N–H and O–H groups in total. The maximum atomic E-state index is 12.4. The fourth-order valence-electron chi connectivity index (χ4n) is 1.86. The minimum Gasteiger partial charge on any atom is -0.489 e. The summed E-state index contributed by atoms with van der Waals surface area (Å²) in [5.41, 5.74) is -0.0662. The minimum atomic E-state index is -3.92. The van der Waals surface area contributed by atoms with Crippen molar-refractivity contribution in [2.24, 2.45) is 0 Å². The summed E-state index contributed by atoms with van der Waals surface area (Å²) in [5, 5.41) is 14.1. The van der Waals surface area contributed by atoms with Gasteiger partial charge in [0.05, 0.1) is 12.0 Å². The molecule has 0 radical (unpaired) electrons. The van der Waals surface area contributed by atoms with E-state index in [1.165, 1.54) is 20.1 Å². The lowest BCUT2D eigenvalue weighted by Crippen LogP contribution is -2.27. The molecule has 0 saturated heterocycles. The molecular weight excluding hydrogens is 414 g/mol. The molecule has 1 rings (SSSR count). The zero-order chi connectivity index (χ0) is 16.9. The Kier molecular flexibility index (Phi) is 9.00. The molecule has 132 valence electrons. The number of nitrogens with zero attached hydrogens (tertiary/aromatic N) is 1. The second kappa shape index (κ2) is 9.38. The van der Waals surface area contributed by atoms with Gasteiger partial charge in [-0.1, -0.05) is 15.9 Å². The van der Waals surface area contributed by atoms with Crippen molar-refractivity contribution < 1.29 is 18.1 Å². The fourth-order valence-corrected chi connectivity index (χ4v) is 3.69. The average molecular weight is 433 g/mol. The van der Waals surface area contributed by atoms with Gasteiger partial charge in [0.15, 0.2) is 0 Å². The van der Waals surface area contributed by atoms with E-state index in [0.717, 1.165) is 0 Å². The molecule has 23 heavy (non-hydrogen) atoms. The smallest absolute Gasteiger partial charge is 0.316 e. The molecule has 0 fully saturated rings. The average Bonchev–Trinajstić information content (AvgIpc) is 2.45. The normalized spacial score (nSPS) is 11.0. The van der Waals surface area contributed by atoms with E-state index in [4.69, 9.17) is 4.74 Å². The second-order valence-electron chi connectivity index (χ2n) is 4.48. The van der Waals surface area contributed by atoms with E-state index in [1.807, 2.05) is 0 Å². The molecule has 0 atom stereocenters. The first-order valence-electron chi connectivity index (χ1n) is 6.42. The summed E-state index contributed by atoms with van der Waals surface area (Å²) < 4.78 is 32.4. The first-order chi connectivity index (χ1) is 10.3. The fraction of sp³-hybridized carbons (Fsp3) is 0.500. The molecule has 11 heteroatoms. The molecule has 1 aromatic rings. The van der Waals surface area contributed by atoms with Crippen LogP contribution < -0.4 is 14.8 Å². The second-order valence-corrected chi connectivity index (χ2v) is 7.07. The van der Waals surface area contributed by atoms with Gasteiger partial charge in [-0.3, -0.25) is 10.1 Å². The van der Waals surface area contributed by atoms with E-state index in [-0.39, 0.29) is 35.3 Å². The zero-order valence-corrected chi connectivity index (χ0v) is 16.1. The third-order valence-corrected chi connectivity index (χ3v) is 5.27. The predicted molar refractivity (Wildman–Crippen MR) is 93.1 cm³/mol. The standard InChI is InChI=1S/C12H18BrN3O5S.ClH/c1-8-9(13)7-10(12(21-3)11(8)16(17)18)22(19,20)15-6-4-5-14-2;/h7,14-15H,4-6H2,1-3H3;1H. The monoisotopic (exact) mass is 431 g/mol. The Bertz CT molecular complexity index is 669. The number of nitrogens with one attached hydrogen (secondary N) is 2. The molecule has 1 aromatic carbocycles. The highest BCUT2D eigenvalue weighted by Gasteiger charge is 2.30. The van der Waals surface area contributed by atoms with Crippen LogP contribution in [0.4, 0.5) is 5.69 Å². The van der Waals surface area contributed by atoms with Gasteiger partial charge in [0.1, 0.15) is 4.90 Å². The molecule has 0 saturated carbocycles. The van der Waals surface area contributed by atoms with Crippen LogP contribution in [0.25, 0.3) is 0 Å². The van der Waals surface area contributed by atoms with Gasteiger partial charge >= 0.3 is 5.69 Å². The van der Waals surface area contributed by atoms with Gasteiger partial charge in [-0.05, 0) is 33.0 Å². The number of methoxy groups -OCH3 is 1. The predicted octanol–water partition coefficient (Wildman–Crippen LogP) is 1.98. The Morgan fingerprint density at radius 3 is 2.48 bits per heavy atom. The lowest BCUT2D eigenvalue weighted by Gasteiger charge is -2.13. The molecule has 0 amide bonds. The number of halogens is 2. The van der Waals surface area contributed by atoms with Crippen molar-refractivity contribution in [1.29, 1.82) is 0 Å². The lowest BCUT2D eigenvalue weighted by atomic mass is 10.2. The summed E-state index contributed by atoms with van der Waals surface area (Å²) in [4.78, 5) is 10.3. The van der Waals surface area contributed by atoms with E-state index in [0.29, 0.717) is 23.0 Å². The van der Waals surface area contributed by atoms with Gasteiger partial charge in [0, 0.05) is 16.6 Å². The Hall–Kier alpha value is -0.940. The van der Waals surface area contributed by atoms with Crippen molar-refractivity contribution in [2.75, 3.05) is 27.2 Å². The van der Waals surface area contributed by atoms with Crippen LogP contribution in [0.15, 0.2) is 15.4 Å². The molecule has 0 aliphatic carbocycles. The molecule has 8 nitrogen and oxygen atoms in total.